The normalized spacial score (nSPS) is 25.5. The van der Waals surface area contributed by atoms with Crippen LogP contribution < -0.4 is 5.32 Å². The van der Waals surface area contributed by atoms with Crippen LogP contribution in [0.1, 0.15) is 57.5 Å². The minimum absolute atomic E-state index is 0.391. The van der Waals surface area contributed by atoms with E-state index >= 15 is 0 Å². The average Bonchev–Trinajstić information content (AvgIpc) is 2.97. The van der Waals surface area contributed by atoms with Crippen LogP contribution in [0.3, 0.4) is 0 Å². The van der Waals surface area contributed by atoms with E-state index in [2.05, 4.69) is 34.2 Å². The summed E-state index contributed by atoms with van der Waals surface area (Å²) in [6.45, 7) is 8.24. The Morgan fingerprint density at radius 1 is 1.25 bits per heavy atom. The van der Waals surface area contributed by atoms with E-state index in [9.17, 15) is 5.11 Å². The monoisotopic (exact) mass is 329 g/mol. The van der Waals surface area contributed by atoms with Gasteiger partial charge in [0.25, 0.3) is 5.95 Å². The number of hydrogen-bond acceptors (Lipinski definition) is 5. The van der Waals surface area contributed by atoms with Crippen LogP contribution in [0.2, 0.25) is 0 Å². The molecule has 0 amide bonds. The average molecular weight is 329 g/mol. The molecule has 2 aromatic heterocycles. The van der Waals surface area contributed by atoms with Crippen molar-refractivity contribution >= 4 is 5.82 Å². The van der Waals surface area contributed by atoms with E-state index in [4.69, 9.17) is 0 Å². The summed E-state index contributed by atoms with van der Waals surface area (Å²) in [6, 6.07) is 4.15. The van der Waals surface area contributed by atoms with E-state index in [0.717, 1.165) is 11.5 Å². The fraction of sp³-hybridized carbons (Fsp3) is 0.611. The highest BCUT2D eigenvalue weighted by Gasteiger charge is 2.28. The molecule has 0 saturated heterocycles. The van der Waals surface area contributed by atoms with E-state index in [1.54, 1.807) is 11.6 Å². The topological polar surface area (TPSA) is 75.9 Å². The van der Waals surface area contributed by atoms with Crippen LogP contribution in [0.15, 0.2) is 18.3 Å². The molecule has 1 saturated carbocycles. The minimum atomic E-state index is -0.648. The Morgan fingerprint density at radius 2 is 1.96 bits per heavy atom. The van der Waals surface area contributed by atoms with Gasteiger partial charge in [0.15, 0.2) is 0 Å². The second kappa shape index (κ2) is 6.89. The third-order valence-corrected chi connectivity index (χ3v) is 4.95. The van der Waals surface area contributed by atoms with Gasteiger partial charge in [0.2, 0.25) is 0 Å². The van der Waals surface area contributed by atoms with Gasteiger partial charge in [0.1, 0.15) is 5.82 Å². The fourth-order valence-corrected chi connectivity index (χ4v) is 3.51. The van der Waals surface area contributed by atoms with Crippen LogP contribution in [0.5, 0.6) is 0 Å². The third-order valence-electron chi connectivity index (χ3n) is 4.95. The van der Waals surface area contributed by atoms with Gasteiger partial charge in [0.05, 0.1) is 17.5 Å². The predicted molar refractivity (Wildman–Crippen MR) is 94.1 cm³/mol. The van der Waals surface area contributed by atoms with Crippen LogP contribution in [0.25, 0.3) is 5.95 Å². The molecule has 1 aliphatic carbocycles. The Hall–Kier alpha value is -1.95. The fourth-order valence-electron chi connectivity index (χ4n) is 3.51. The molecule has 2 N–H and O–H groups in total. The van der Waals surface area contributed by atoms with Crippen molar-refractivity contribution in [3.8, 4) is 5.95 Å². The Bertz CT molecular complexity index is 686. The van der Waals surface area contributed by atoms with E-state index in [0.29, 0.717) is 29.5 Å². The third kappa shape index (κ3) is 3.59. The van der Waals surface area contributed by atoms with Gasteiger partial charge in [-0.05, 0) is 44.6 Å². The maximum Gasteiger partial charge on any atom is 0.252 e. The Balaban J connectivity index is 1.93. The van der Waals surface area contributed by atoms with Gasteiger partial charge in [-0.2, -0.15) is 10.1 Å². The number of aliphatic hydroxyl groups is 1. The van der Waals surface area contributed by atoms with Crippen molar-refractivity contribution in [2.24, 2.45) is 11.8 Å². The number of aryl methyl sites for hydroxylation is 1. The second-order valence-corrected chi connectivity index (χ2v) is 7.11. The quantitative estimate of drug-likeness (QED) is 0.900. The zero-order chi connectivity index (χ0) is 17.3. The summed E-state index contributed by atoms with van der Waals surface area (Å²) >= 11 is 0. The number of nitrogens with one attached hydrogen (secondary N) is 1. The molecule has 130 valence electrons. The number of aromatic nitrogens is 4. The van der Waals surface area contributed by atoms with Gasteiger partial charge < -0.3 is 10.4 Å². The minimum Gasteiger partial charge on any atom is -0.387 e. The van der Waals surface area contributed by atoms with Crippen molar-refractivity contribution in [2.75, 3.05) is 5.32 Å². The number of nitrogens with zero attached hydrogens (tertiary/aromatic N) is 4. The molecule has 2 heterocycles. The van der Waals surface area contributed by atoms with Crippen LogP contribution in [0.4, 0.5) is 5.82 Å². The van der Waals surface area contributed by atoms with Crippen LogP contribution in [-0.4, -0.2) is 30.9 Å². The summed E-state index contributed by atoms with van der Waals surface area (Å²) in [5.74, 6) is 2.46. The molecule has 3 unspecified atom stereocenters. The Morgan fingerprint density at radius 3 is 2.54 bits per heavy atom. The maximum atomic E-state index is 9.99. The molecule has 0 bridgehead atoms. The molecule has 6 heteroatoms. The lowest BCUT2D eigenvalue weighted by Crippen LogP contribution is -2.37. The van der Waals surface area contributed by atoms with Gasteiger partial charge in [0, 0.05) is 18.3 Å². The lowest BCUT2D eigenvalue weighted by molar-refractivity contribution is 0.194. The molecule has 1 aliphatic rings. The highest BCUT2D eigenvalue weighted by atomic mass is 16.3. The largest absolute Gasteiger partial charge is 0.387 e. The van der Waals surface area contributed by atoms with Crippen LogP contribution in [-0.2, 0) is 0 Å². The molecule has 0 radical (unpaired) electrons. The van der Waals surface area contributed by atoms with Crippen molar-refractivity contribution in [1.29, 1.82) is 0 Å². The van der Waals surface area contributed by atoms with Crippen molar-refractivity contribution in [3.05, 3.63) is 29.7 Å². The van der Waals surface area contributed by atoms with Crippen molar-refractivity contribution in [3.63, 3.8) is 0 Å². The first kappa shape index (κ1) is 16.9. The summed E-state index contributed by atoms with van der Waals surface area (Å²) in [6.07, 6.45) is 4.96. The highest BCUT2D eigenvalue weighted by molar-refractivity contribution is 5.41. The maximum absolute atomic E-state index is 9.99. The van der Waals surface area contributed by atoms with E-state index < -0.39 is 6.10 Å². The summed E-state index contributed by atoms with van der Waals surface area (Å²) in [5.41, 5.74) is 1.51. The Kier molecular flexibility index (Phi) is 4.85. The molecule has 0 spiro atoms. The number of anilines is 1. The predicted octanol–water partition coefficient (Wildman–Crippen LogP) is 3.26. The molecule has 3 rings (SSSR count). The molecule has 24 heavy (non-hydrogen) atoms. The molecule has 6 nitrogen and oxygen atoms in total. The summed E-state index contributed by atoms with van der Waals surface area (Å²) in [4.78, 5) is 9.08. The van der Waals surface area contributed by atoms with E-state index in [1.165, 1.54) is 19.3 Å². The zero-order valence-corrected chi connectivity index (χ0v) is 14.9. The summed E-state index contributed by atoms with van der Waals surface area (Å²) in [7, 11) is 0. The van der Waals surface area contributed by atoms with Gasteiger partial charge in [-0.25, -0.2) is 9.67 Å². The van der Waals surface area contributed by atoms with Crippen molar-refractivity contribution in [2.45, 2.75) is 59.1 Å². The SMILES string of the molecule is Cc1ccn(-c2nc(NC3C(C)CCCC3C)cc(C(C)O)n2)n1. The first-order valence-electron chi connectivity index (χ1n) is 8.80. The van der Waals surface area contributed by atoms with Gasteiger partial charge in [-0.1, -0.05) is 20.3 Å². The molecular formula is C18H27N5O. The number of hydrogen-bond donors (Lipinski definition) is 2. The van der Waals surface area contributed by atoms with E-state index in [-0.39, 0.29) is 0 Å². The van der Waals surface area contributed by atoms with Crippen LogP contribution >= 0.6 is 0 Å². The van der Waals surface area contributed by atoms with Gasteiger partial charge in [-0.15, -0.1) is 0 Å². The Labute approximate surface area is 143 Å². The number of rotatable bonds is 4. The van der Waals surface area contributed by atoms with Gasteiger partial charge >= 0.3 is 0 Å². The smallest absolute Gasteiger partial charge is 0.252 e. The van der Waals surface area contributed by atoms with Gasteiger partial charge in [-0.3, -0.25) is 0 Å². The molecule has 0 aliphatic heterocycles. The summed E-state index contributed by atoms with van der Waals surface area (Å²) < 4.78 is 1.65. The molecule has 2 aromatic rings. The van der Waals surface area contributed by atoms with Crippen molar-refractivity contribution < 1.29 is 5.11 Å². The zero-order valence-electron chi connectivity index (χ0n) is 14.9. The molecular weight excluding hydrogens is 302 g/mol. The van der Waals surface area contributed by atoms with E-state index in [1.807, 2.05) is 25.3 Å². The second-order valence-electron chi connectivity index (χ2n) is 7.11. The first-order chi connectivity index (χ1) is 11.4. The van der Waals surface area contributed by atoms with Crippen LogP contribution in [0, 0.1) is 18.8 Å². The highest BCUT2D eigenvalue weighted by Crippen LogP contribution is 2.31. The standard InChI is InChI=1S/C18H27N5O/c1-11-6-5-7-12(2)17(11)20-16-10-15(14(4)24)19-18(21-16)23-9-8-13(3)22-23/h8-12,14,17,24H,5-7H2,1-4H3,(H,19,20,21). The first-order valence-corrected chi connectivity index (χ1v) is 8.80. The molecule has 3 atom stereocenters. The molecule has 0 aromatic carbocycles. The summed E-state index contributed by atoms with van der Waals surface area (Å²) in [5, 5.41) is 18.0. The lowest BCUT2D eigenvalue weighted by Gasteiger charge is -2.35. The lowest BCUT2D eigenvalue weighted by atomic mass is 9.79. The molecule has 1 fully saturated rings. The number of aliphatic hydroxyl groups excluding tert-OH is 1. The van der Waals surface area contributed by atoms with Crippen molar-refractivity contribution in [1.82, 2.24) is 19.7 Å².